The molecule has 0 N–H and O–H groups in total. The van der Waals surface area contributed by atoms with Gasteiger partial charge in [0.2, 0.25) is 0 Å². The van der Waals surface area contributed by atoms with Gasteiger partial charge in [-0.05, 0) is 54.5 Å². The fraction of sp³-hybridized carbons (Fsp3) is 0.409. The van der Waals surface area contributed by atoms with Gasteiger partial charge >= 0.3 is 12.1 Å². The number of carbonyl (C=O) groups is 1. The molecule has 29 heavy (non-hydrogen) atoms. The Morgan fingerprint density at radius 2 is 1.90 bits per heavy atom. The second-order valence-electron chi connectivity index (χ2n) is 7.01. The van der Waals surface area contributed by atoms with Gasteiger partial charge in [0, 0.05) is 17.0 Å². The Morgan fingerprint density at radius 1 is 1.17 bits per heavy atom. The van der Waals surface area contributed by atoms with Crippen LogP contribution in [0.2, 0.25) is 5.02 Å². The van der Waals surface area contributed by atoms with E-state index < -0.39 is 17.7 Å². The molecule has 0 bridgehead atoms. The second-order valence-corrected chi connectivity index (χ2v) is 7.41. The molecule has 7 heteroatoms. The molecule has 2 aromatic carbocycles. The summed E-state index contributed by atoms with van der Waals surface area (Å²) < 4.78 is 51.6. The Morgan fingerprint density at radius 3 is 2.48 bits per heavy atom. The van der Waals surface area contributed by atoms with Gasteiger partial charge in [0.25, 0.3) is 0 Å². The lowest BCUT2D eigenvalue weighted by molar-refractivity contribution is -0.139. The molecule has 0 saturated heterocycles. The van der Waals surface area contributed by atoms with E-state index in [1.807, 2.05) is 6.07 Å². The Bertz CT molecular complexity index is 905. The topological polar surface area (TPSA) is 35.5 Å². The molecule has 1 aliphatic carbocycles. The first-order valence-corrected chi connectivity index (χ1v) is 9.97. The van der Waals surface area contributed by atoms with Gasteiger partial charge in [0.15, 0.2) is 0 Å². The van der Waals surface area contributed by atoms with Crippen LogP contribution in [-0.2, 0) is 24.0 Å². The summed E-state index contributed by atoms with van der Waals surface area (Å²) in [5.74, 6) is -0.114. The number of aryl methyl sites for hydroxylation is 1. The molecular weight excluding hydrogens is 405 g/mol. The summed E-state index contributed by atoms with van der Waals surface area (Å²) in [6.45, 7) is 3.27. The molecule has 0 unspecified atom stereocenters. The summed E-state index contributed by atoms with van der Waals surface area (Å²) in [5.41, 5.74) is 1.08. The predicted molar refractivity (Wildman–Crippen MR) is 105 cm³/mol. The van der Waals surface area contributed by atoms with Gasteiger partial charge in [-0.3, -0.25) is 4.79 Å². The molecule has 0 aromatic heterocycles. The summed E-state index contributed by atoms with van der Waals surface area (Å²) in [4.78, 5) is 11.8. The Labute approximate surface area is 172 Å². The van der Waals surface area contributed by atoms with Crippen molar-refractivity contribution in [3.05, 3.63) is 57.6 Å². The maximum atomic E-state index is 13.5. The highest BCUT2D eigenvalue weighted by atomic mass is 35.5. The molecule has 0 amide bonds. The fourth-order valence-electron chi connectivity index (χ4n) is 3.17. The van der Waals surface area contributed by atoms with Crippen LogP contribution in [0.5, 0.6) is 11.5 Å². The number of halogens is 4. The lowest BCUT2D eigenvalue weighted by atomic mass is 10.0. The maximum Gasteiger partial charge on any atom is 0.419 e. The lowest BCUT2D eigenvalue weighted by Crippen LogP contribution is -2.12. The van der Waals surface area contributed by atoms with Crippen LogP contribution in [0.3, 0.4) is 0 Å². The van der Waals surface area contributed by atoms with Crippen LogP contribution in [0.1, 0.15) is 61.3 Å². The molecule has 0 aliphatic heterocycles. The third-order valence-corrected chi connectivity index (χ3v) is 5.26. The van der Waals surface area contributed by atoms with Gasteiger partial charge < -0.3 is 9.47 Å². The lowest BCUT2D eigenvalue weighted by Gasteiger charge is -2.19. The zero-order valence-electron chi connectivity index (χ0n) is 16.2. The van der Waals surface area contributed by atoms with Gasteiger partial charge in [0.1, 0.15) is 18.1 Å². The smallest absolute Gasteiger partial charge is 0.419 e. The monoisotopic (exact) mass is 426 g/mol. The van der Waals surface area contributed by atoms with Crippen molar-refractivity contribution in [3.63, 3.8) is 0 Å². The molecule has 1 fully saturated rings. The first-order chi connectivity index (χ1) is 13.7. The van der Waals surface area contributed by atoms with Crippen LogP contribution < -0.4 is 9.47 Å². The number of benzene rings is 2. The fourth-order valence-corrected chi connectivity index (χ4v) is 3.45. The summed E-state index contributed by atoms with van der Waals surface area (Å²) in [7, 11) is 0. The van der Waals surface area contributed by atoms with Crippen LogP contribution in [-0.4, -0.2) is 5.97 Å². The molecule has 0 heterocycles. The van der Waals surface area contributed by atoms with Gasteiger partial charge in [-0.1, -0.05) is 37.6 Å². The third kappa shape index (κ3) is 5.04. The number of esters is 1. The first-order valence-electron chi connectivity index (χ1n) is 9.59. The largest absolute Gasteiger partial charge is 0.488 e. The van der Waals surface area contributed by atoms with E-state index in [9.17, 15) is 18.0 Å². The summed E-state index contributed by atoms with van der Waals surface area (Å²) >= 11 is 6.13. The highest BCUT2D eigenvalue weighted by Gasteiger charge is 2.35. The van der Waals surface area contributed by atoms with E-state index in [-0.39, 0.29) is 23.8 Å². The Balaban J connectivity index is 1.95. The van der Waals surface area contributed by atoms with Gasteiger partial charge in [-0.15, -0.1) is 0 Å². The van der Waals surface area contributed by atoms with Gasteiger partial charge in [-0.25, -0.2) is 0 Å². The summed E-state index contributed by atoms with van der Waals surface area (Å²) in [6.07, 6.45) is -2.02. The zero-order valence-corrected chi connectivity index (χ0v) is 17.0. The molecule has 2 aromatic rings. The number of rotatable bonds is 7. The van der Waals surface area contributed by atoms with Gasteiger partial charge in [0.05, 0.1) is 5.56 Å². The van der Waals surface area contributed by atoms with E-state index >= 15 is 0 Å². The highest BCUT2D eigenvalue weighted by Crippen LogP contribution is 2.45. The standard InChI is InChI=1S/C22H22ClF3O3/c1-3-13-10-17(22(24,25)26)20(11-18(13)23)28-12-16-15(14-8-9-14)6-5-7-19(16)29-21(27)4-2/h5-7,10-11,14H,3-4,8-9,12H2,1-2H3. The van der Waals surface area contributed by atoms with Crippen LogP contribution in [0, 0.1) is 0 Å². The minimum absolute atomic E-state index is 0.149. The number of alkyl halides is 3. The minimum Gasteiger partial charge on any atom is -0.488 e. The molecule has 0 atom stereocenters. The number of ether oxygens (including phenoxy) is 2. The van der Waals surface area contributed by atoms with Crippen molar-refractivity contribution in [1.82, 2.24) is 0 Å². The minimum atomic E-state index is -4.57. The van der Waals surface area contributed by atoms with E-state index in [1.54, 1.807) is 26.0 Å². The van der Waals surface area contributed by atoms with E-state index in [0.717, 1.165) is 24.5 Å². The van der Waals surface area contributed by atoms with Crippen molar-refractivity contribution in [2.45, 2.75) is 58.2 Å². The zero-order chi connectivity index (χ0) is 21.2. The maximum absolute atomic E-state index is 13.5. The first kappa shape index (κ1) is 21.5. The summed E-state index contributed by atoms with van der Waals surface area (Å²) in [6, 6.07) is 7.56. The molecule has 0 radical (unpaired) electrons. The average Bonchev–Trinajstić information content (AvgIpc) is 3.50. The quantitative estimate of drug-likeness (QED) is 0.365. The van der Waals surface area contributed by atoms with Crippen LogP contribution in [0.15, 0.2) is 30.3 Å². The molecule has 1 saturated carbocycles. The third-order valence-electron chi connectivity index (χ3n) is 4.91. The molecule has 3 nitrogen and oxygen atoms in total. The summed E-state index contributed by atoms with van der Waals surface area (Å²) in [5, 5.41) is 0.226. The Hall–Kier alpha value is -2.21. The number of carbonyl (C=O) groups excluding carboxylic acids is 1. The van der Waals surface area contributed by atoms with Crippen LogP contribution in [0.4, 0.5) is 13.2 Å². The SMILES string of the molecule is CCC(=O)Oc1cccc(C2CC2)c1COc1cc(Cl)c(CC)cc1C(F)(F)F. The van der Waals surface area contributed by atoms with Crippen LogP contribution >= 0.6 is 11.6 Å². The predicted octanol–water partition coefficient (Wildman–Crippen LogP) is 6.69. The number of hydrogen-bond acceptors (Lipinski definition) is 3. The van der Waals surface area contributed by atoms with Crippen molar-refractivity contribution in [1.29, 1.82) is 0 Å². The molecule has 3 rings (SSSR count). The van der Waals surface area contributed by atoms with Crippen molar-refractivity contribution >= 4 is 17.6 Å². The number of hydrogen-bond donors (Lipinski definition) is 0. The molecule has 0 spiro atoms. The van der Waals surface area contributed by atoms with E-state index in [0.29, 0.717) is 29.2 Å². The van der Waals surface area contributed by atoms with Gasteiger partial charge in [-0.2, -0.15) is 13.2 Å². The normalized spacial score (nSPS) is 14.0. The molecule has 156 valence electrons. The van der Waals surface area contributed by atoms with E-state index in [2.05, 4.69) is 0 Å². The van der Waals surface area contributed by atoms with E-state index in [4.69, 9.17) is 21.1 Å². The highest BCUT2D eigenvalue weighted by molar-refractivity contribution is 6.31. The second kappa shape index (κ2) is 8.66. The van der Waals surface area contributed by atoms with Crippen molar-refractivity contribution in [3.8, 4) is 11.5 Å². The Kier molecular flexibility index (Phi) is 6.42. The van der Waals surface area contributed by atoms with E-state index in [1.165, 1.54) is 6.07 Å². The van der Waals surface area contributed by atoms with Crippen LogP contribution in [0.25, 0.3) is 0 Å². The van der Waals surface area contributed by atoms with Crippen molar-refractivity contribution < 1.29 is 27.4 Å². The van der Waals surface area contributed by atoms with Crippen molar-refractivity contribution in [2.24, 2.45) is 0 Å². The molecule has 1 aliphatic rings. The molecular formula is C22H22ClF3O3. The average molecular weight is 427 g/mol. The van der Waals surface area contributed by atoms with Crippen molar-refractivity contribution in [2.75, 3.05) is 0 Å².